The minimum Gasteiger partial charge on any atom is -0.368 e. The summed E-state index contributed by atoms with van der Waals surface area (Å²) < 4.78 is 37.3. The van der Waals surface area contributed by atoms with Crippen LogP contribution in [-0.2, 0) is 6.18 Å². The van der Waals surface area contributed by atoms with Crippen molar-refractivity contribution in [1.29, 1.82) is 0 Å². The van der Waals surface area contributed by atoms with Crippen LogP contribution in [0.25, 0.3) is 0 Å². The van der Waals surface area contributed by atoms with E-state index in [0.29, 0.717) is 11.7 Å². The van der Waals surface area contributed by atoms with E-state index in [9.17, 15) is 13.2 Å². The molecule has 0 amide bonds. The fourth-order valence-electron chi connectivity index (χ4n) is 1.06. The van der Waals surface area contributed by atoms with Crippen molar-refractivity contribution in [2.45, 2.75) is 31.5 Å². The summed E-state index contributed by atoms with van der Waals surface area (Å²) in [6, 6.07) is 0.932. The molecule has 1 aromatic heterocycles. The number of aromatic nitrogens is 2. The predicted octanol–water partition coefficient (Wildman–Crippen LogP) is 3.22. The van der Waals surface area contributed by atoms with Crippen molar-refractivity contribution < 1.29 is 13.2 Å². The lowest BCUT2D eigenvalue weighted by Crippen LogP contribution is -2.11. The minimum absolute atomic E-state index is 0.269. The van der Waals surface area contributed by atoms with Crippen LogP contribution < -0.4 is 5.73 Å². The van der Waals surface area contributed by atoms with E-state index in [1.54, 1.807) is 0 Å². The molecule has 0 unspecified atom stereocenters. The average molecular weight is 265 g/mol. The smallest absolute Gasteiger partial charge is 0.368 e. The van der Waals surface area contributed by atoms with Gasteiger partial charge in [0.25, 0.3) is 0 Å². The zero-order valence-electron chi connectivity index (χ0n) is 9.58. The van der Waals surface area contributed by atoms with Crippen molar-refractivity contribution in [2.24, 2.45) is 5.92 Å². The molecular formula is C10H14F3N3S. The van der Waals surface area contributed by atoms with Crippen molar-refractivity contribution in [3.63, 3.8) is 0 Å². The van der Waals surface area contributed by atoms with Crippen molar-refractivity contribution >= 4 is 17.7 Å². The molecule has 0 aromatic carbocycles. The molecule has 0 aliphatic rings. The maximum absolute atomic E-state index is 12.4. The number of nitrogens with two attached hydrogens (primary N) is 1. The Morgan fingerprint density at radius 2 is 2.00 bits per heavy atom. The maximum Gasteiger partial charge on any atom is 0.433 e. The lowest BCUT2D eigenvalue weighted by atomic mass is 10.2. The number of nitrogen functional groups attached to an aromatic ring is 1. The Balaban J connectivity index is 2.76. The van der Waals surface area contributed by atoms with Gasteiger partial charge in [0.2, 0.25) is 5.95 Å². The van der Waals surface area contributed by atoms with Crippen LogP contribution in [0.2, 0.25) is 0 Å². The number of rotatable bonds is 4. The van der Waals surface area contributed by atoms with Crippen LogP contribution in [0.1, 0.15) is 26.0 Å². The van der Waals surface area contributed by atoms with Gasteiger partial charge in [-0.1, -0.05) is 13.8 Å². The Kier molecular flexibility index (Phi) is 4.62. The normalized spacial score (nSPS) is 12.1. The third-order valence-electron chi connectivity index (χ3n) is 1.96. The molecule has 1 rings (SSSR count). The maximum atomic E-state index is 12.4. The molecule has 0 aliphatic carbocycles. The summed E-state index contributed by atoms with van der Waals surface area (Å²) in [7, 11) is 0. The molecule has 3 nitrogen and oxygen atoms in total. The summed E-state index contributed by atoms with van der Waals surface area (Å²) in [6.45, 7) is 4.10. The molecule has 1 aromatic rings. The van der Waals surface area contributed by atoms with Crippen molar-refractivity contribution in [2.75, 3.05) is 11.5 Å². The van der Waals surface area contributed by atoms with Crippen LogP contribution in [-0.4, -0.2) is 15.7 Å². The molecule has 17 heavy (non-hydrogen) atoms. The molecule has 0 aliphatic heterocycles. The molecule has 0 spiro atoms. The molecule has 0 atom stereocenters. The molecule has 0 saturated heterocycles. The van der Waals surface area contributed by atoms with Gasteiger partial charge in [-0.3, -0.25) is 0 Å². The second-order valence-electron chi connectivity index (χ2n) is 3.98. The summed E-state index contributed by atoms with van der Waals surface area (Å²) in [6.07, 6.45) is -3.57. The van der Waals surface area contributed by atoms with E-state index in [1.165, 1.54) is 11.8 Å². The quantitative estimate of drug-likeness (QED) is 0.671. The number of hydrogen-bond donors (Lipinski definition) is 1. The Hall–Kier alpha value is -0.980. The highest BCUT2D eigenvalue weighted by atomic mass is 32.2. The summed E-state index contributed by atoms with van der Waals surface area (Å²) in [5, 5.41) is 0.269. The summed E-state index contributed by atoms with van der Waals surface area (Å²) in [5.41, 5.74) is 4.26. The van der Waals surface area contributed by atoms with Gasteiger partial charge in [0.05, 0.1) is 0 Å². The lowest BCUT2D eigenvalue weighted by molar-refractivity contribution is -0.141. The summed E-state index contributed by atoms with van der Waals surface area (Å²) >= 11 is 1.26. The first-order valence-corrected chi connectivity index (χ1v) is 6.12. The SMILES string of the molecule is CC(C)CCSc1cc(C(F)(F)F)nc(N)n1. The molecule has 7 heteroatoms. The standard InChI is InChI=1S/C10H14F3N3S/c1-6(2)3-4-17-8-5-7(10(11,12)13)15-9(14)16-8/h5-6H,3-4H2,1-2H3,(H2,14,15,16). The largest absolute Gasteiger partial charge is 0.433 e. The van der Waals surface area contributed by atoms with Gasteiger partial charge in [0.1, 0.15) is 5.03 Å². The molecule has 1 heterocycles. The van der Waals surface area contributed by atoms with Crippen LogP contribution in [0.3, 0.4) is 0 Å². The van der Waals surface area contributed by atoms with Crippen LogP contribution in [0.15, 0.2) is 11.1 Å². The Labute approximate surface area is 102 Å². The van der Waals surface area contributed by atoms with E-state index in [-0.39, 0.29) is 11.0 Å². The summed E-state index contributed by atoms with van der Waals surface area (Å²) in [4.78, 5) is 6.95. The van der Waals surface area contributed by atoms with Crippen molar-refractivity contribution in [3.05, 3.63) is 11.8 Å². The number of hydrogen-bond acceptors (Lipinski definition) is 4. The minimum atomic E-state index is -4.48. The molecule has 2 N–H and O–H groups in total. The first-order chi connectivity index (χ1) is 7.79. The van der Waals surface area contributed by atoms with E-state index in [4.69, 9.17) is 5.73 Å². The Morgan fingerprint density at radius 1 is 1.35 bits per heavy atom. The van der Waals surface area contributed by atoms with E-state index in [2.05, 4.69) is 23.8 Å². The fraction of sp³-hybridized carbons (Fsp3) is 0.600. The van der Waals surface area contributed by atoms with Gasteiger partial charge in [-0.2, -0.15) is 13.2 Å². The Morgan fingerprint density at radius 3 is 2.53 bits per heavy atom. The second kappa shape index (κ2) is 5.57. The van der Waals surface area contributed by atoms with E-state index >= 15 is 0 Å². The van der Waals surface area contributed by atoms with Gasteiger partial charge >= 0.3 is 6.18 Å². The zero-order valence-corrected chi connectivity index (χ0v) is 10.4. The van der Waals surface area contributed by atoms with Crippen LogP contribution >= 0.6 is 11.8 Å². The van der Waals surface area contributed by atoms with Gasteiger partial charge in [-0.05, 0) is 18.1 Å². The molecule has 0 saturated carbocycles. The fourth-order valence-corrected chi connectivity index (χ4v) is 2.21. The molecule has 0 fully saturated rings. The zero-order chi connectivity index (χ0) is 13.1. The van der Waals surface area contributed by atoms with Gasteiger partial charge in [0.15, 0.2) is 5.69 Å². The summed E-state index contributed by atoms with van der Waals surface area (Å²) in [5.74, 6) is 0.876. The average Bonchev–Trinajstić information content (AvgIpc) is 2.14. The number of halogens is 3. The highest BCUT2D eigenvalue weighted by Gasteiger charge is 2.33. The topological polar surface area (TPSA) is 51.8 Å². The number of alkyl halides is 3. The van der Waals surface area contributed by atoms with Crippen LogP contribution in [0.4, 0.5) is 19.1 Å². The monoisotopic (exact) mass is 265 g/mol. The second-order valence-corrected chi connectivity index (χ2v) is 5.09. The molecular weight excluding hydrogens is 251 g/mol. The molecule has 0 radical (unpaired) electrons. The number of nitrogens with zero attached hydrogens (tertiary/aromatic N) is 2. The van der Waals surface area contributed by atoms with Gasteiger partial charge in [-0.15, -0.1) is 11.8 Å². The molecule has 0 bridgehead atoms. The highest BCUT2D eigenvalue weighted by Crippen LogP contribution is 2.30. The highest BCUT2D eigenvalue weighted by molar-refractivity contribution is 7.99. The predicted molar refractivity (Wildman–Crippen MR) is 61.6 cm³/mol. The van der Waals surface area contributed by atoms with E-state index in [0.717, 1.165) is 12.5 Å². The van der Waals surface area contributed by atoms with Crippen molar-refractivity contribution in [3.8, 4) is 0 Å². The van der Waals surface area contributed by atoms with Gasteiger partial charge in [-0.25, -0.2) is 9.97 Å². The van der Waals surface area contributed by atoms with Crippen LogP contribution in [0, 0.1) is 5.92 Å². The van der Waals surface area contributed by atoms with Crippen molar-refractivity contribution in [1.82, 2.24) is 9.97 Å². The van der Waals surface area contributed by atoms with E-state index in [1.807, 2.05) is 0 Å². The number of thioether (sulfide) groups is 1. The Bertz CT molecular complexity index is 380. The number of anilines is 1. The third kappa shape index (κ3) is 4.80. The first kappa shape index (κ1) is 14.1. The van der Waals surface area contributed by atoms with E-state index < -0.39 is 11.9 Å². The van der Waals surface area contributed by atoms with Crippen LogP contribution in [0.5, 0.6) is 0 Å². The van der Waals surface area contributed by atoms with Gasteiger partial charge < -0.3 is 5.73 Å². The molecule has 96 valence electrons. The third-order valence-corrected chi connectivity index (χ3v) is 2.90. The first-order valence-electron chi connectivity index (χ1n) is 5.13. The lowest BCUT2D eigenvalue weighted by Gasteiger charge is -2.08. The van der Waals surface area contributed by atoms with Gasteiger partial charge in [0, 0.05) is 6.07 Å².